The molecule has 2 N–H and O–H groups in total. The molecule has 2 aromatic heterocycles. The normalized spacial score (nSPS) is 19.2. The molecule has 3 heterocycles. The van der Waals surface area contributed by atoms with Crippen molar-refractivity contribution in [3.05, 3.63) is 65.1 Å². The lowest BCUT2D eigenvalue weighted by Gasteiger charge is -2.24. The van der Waals surface area contributed by atoms with Gasteiger partial charge in [0.05, 0.1) is 11.9 Å². The second-order valence-corrected chi connectivity index (χ2v) is 7.38. The first kappa shape index (κ1) is 19.9. The Morgan fingerprint density at radius 3 is 2.75 bits per heavy atom. The van der Waals surface area contributed by atoms with Crippen molar-refractivity contribution in [3.8, 4) is 5.75 Å². The number of ketones is 1. The molecule has 0 amide bonds. The van der Waals surface area contributed by atoms with Gasteiger partial charge in [-0.05, 0) is 48.2 Å². The number of amidine groups is 1. The number of thioether (sulfide) groups is 1. The number of aliphatic imine (C=N–C) groups is 1. The van der Waals surface area contributed by atoms with Gasteiger partial charge in [-0.3, -0.25) is 9.78 Å². The number of hydrogen-bond donors (Lipinski definition) is 1. The van der Waals surface area contributed by atoms with Crippen LogP contribution in [-0.2, 0) is 12.0 Å². The number of alkyl halides is 2. The number of hydrogen-bond acceptors (Lipinski definition) is 7. The van der Waals surface area contributed by atoms with E-state index in [1.165, 1.54) is 23.9 Å². The molecular formula is C19H18F2N4O2S. The minimum Gasteiger partial charge on any atom is -0.431 e. The van der Waals surface area contributed by atoms with E-state index in [1.54, 1.807) is 18.3 Å². The molecule has 0 saturated heterocycles. The molecule has 1 atom stereocenters. The van der Waals surface area contributed by atoms with E-state index in [2.05, 4.69) is 19.7 Å². The molecule has 6 nitrogen and oxygen atoms in total. The molecule has 28 heavy (non-hydrogen) atoms. The smallest absolute Gasteiger partial charge is 0.394 e. The number of pyridine rings is 2. The Morgan fingerprint density at radius 2 is 2.11 bits per heavy atom. The van der Waals surface area contributed by atoms with Crippen molar-refractivity contribution in [2.24, 2.45) is 10.7 Å². The lowest BCUT2D eigenvalue weighted by atomic mass is 9.95. The maximum absolute atomic E-state index is 12.9. The Balaban J connectivity index is 1.74. The molecule has 0 bridgehead atoms. The first-order chi connectivity index (χ1) is 13.1. The van der Waals surface area contributed by atoms with E-state index >= 15 is 0 Å². The maximum atomic E-state index is 12.9. The first-order valence-corrected chi connectivity index (χ1v) is 9.24. The second kappa shape index (κ2) is 7.67. The number of rotatable bonds is 6. The SMILES string of the molecule is CC(F)(F)Oc1ccc(C(=O)Cc2ccnc([C@]3(C)C=CSC(N)=N3)c2)nc1. The minimum atomic E-state index is -3.31. The van der Waals surface area contributed by atoms with Gasteiger partial charge in [0.2, 0.25) is 0 Å². The highest BCUT2D eigenvalue weighted by Crippen LogP contribution is 2.31. The molecule has 3 rings (SSSR count). The number of nitrogens with zero attached hydrogens (tertiary/aromatic N) is 3. The number of carbonyl (C=O) groups excluding carboxylic acids is 1. The van der Waals surface area contributed by atoms with Crippen molar-refractivity contribution in [3.63, 3.8) is 0 Å². The fraction of sp³-hybridized carbons (Fsp3) is 0.263. The summed E-state index contributed by atoms with van der Waals surface area (Å²) >= 11 is 1.33. The van der Waals surface area contributed by atoms with Gasteiger partial charge >= 0.3 is 6.11 Å². The monoisotopic (exact) mass is 404 g/mol. The zero-order valence-electron chi connectivity index (χ0n) is 15.2. The van der Waals surface area contributed by atoms with Crippen molar-refractivity contribution >= 4 is 22.7 Å². The van der Waals surface area contributed by atoms with Crippen molar-refractivity contribution in [2.75, 3.05) is 0 Å². The summed E-state index contributed by atoms with van der Waals surface area (Å²) in [4.78, 5) is 25.2. The van der Waals surface area contributed by atoms with Crippen molar-refractivity contribution in [2.45, 2.75) is 31.9 Å². The number of Topliss-reactive ketones (excluding diaryl/α,β-unsaturated/α-hetero) is 1. The average molecular weight is 404 g/mol. The summed E-state index contributed by atoms with van der Waals surface area (Å²) in [5, 5.41) is 2.30. The fourth-order valence-electron chi connectivity index (χ4n) is 2.62. The number of halogens is 2. The zero-order chi connectivity index (χ0) is 20.4. The van der Waals surface area contributed by atoms with Crippen LogP contribution in [0.3, 0.4) is 0 Å². The molecule has 146 valence electrons. The Bertz CT molecular complexity index is 942. The lowest BCUT2D eigenvalue weighted by Crippen LogP contribution is -2.24. The molecule has 0 unspecified atom stereocenters. The van der Waals surface area contributed by atoms with E-state index in [4.69, 9.17) is 5.73 Å². The van der Waals surface area contributed by atoms with Crippen LogP contribution in [0.25, 0.3) is 0 Å². The summed E-state index contributed by atoms with van der Waals surface area (Å²) in [5.41, 5.74) is 6.67. The van der Waals surface area contributed by atoms with Crippen LogP contribution in [0.1, 0.15) is 35.6 Å². The van der Waals surface area contributed by atoms with Crippen molar-refractivity contribution in [1.29, 1.82) is 0 Å². The van der Waals surface area contributed by atoms with Crippen LogP contribution in [0, 0.1) is 0 Å². The van der Waals surface area contributed by atoms with E-state index < -0.39 is 11.6 Å². The first-order valence-electron chi connectivity index (χ1n) is 8.36. The third-order valence-corrected chi connectivity index (χ3v) is 4.56. The van der Waals surface area contributed by atoms with E-state index in [1.807, 2.05) is 18.4 Å². The van der Waals surface area contributed by atoms with Crippen LogP contribution in [-0.4, -0.2) is 27.0 Å². The van der Waals surface area contributed by atoms with E-state index in [0.29, 0.717) is 17.8 Å². The maximum Gasteiger partial charge on any atom is 0.394 e. The molecule has 0 spiro atoms. The lowest BCUT2D eigenvalue weighted by molar-refractivity contribution is -0.159. The number of ether oxygens (including phenoxy) is 1. The quantitative estimate of drug-likeness (QED) is 0.739. The molecule has 0 fully saturated rings. The summed E-state index contributed by atoms with van der Waals surface area (Å²) in [7, 11) is 0. The predicted octanol–water partition coefficient (Wildman–Crippen LogP) is 3.68. The summed E-state index contributed by atoms with van der Waals surface area (Å²) in [5.74, 6) is -0.365. The van der Waals surface area contributed by atoms with Gasteiger partial charge in [0.15, 0.2) is 11.0 Å². The molecule has 9 heteroatoms. The fourth-order valence-corrected chi connectivity index (χ4v) is 3.34. The number of carbonyl (C=O) groups is 1. The number of nitrogens with two attached hydrogens (primary N) is 1. The van der Waals surface area contributed by atoms with E-state index in [-0.39, 0.29) is 23.6 Å². The third-order valence-electron chi connectivity index (χ3n) is 3.95. The van der Waals surface area contributed by atoms with Crippen molar-refractivity contribution in [1.82, 2.24) is 9.97 Å². The van der Waals surface area contributed by atoms with Crippen LogP contribution in [0.4, 0.5) is 8.78 Å². The zero-order valence-corrected chi connectivity index (χ0v) is 16.0. The average Bonchev–Trinajstić information content (AvgIpc) is 2.61. The Morgan fingerprint density at radius 1 is 1.32 bits per heavy atom. The Kier molecular flexibility index (Phi) is 5.46. The molecule has 0 saturated carbocycles. The van der Waals surface area contributed by atoms with Gasteiger partial charge in [-0.15, -0.1) is 0 Å². The van der Waals surface area contributed by atoms with Gasteiger partial charge in [0.25, 0.3) is 0 Å². The van der Waals surface area contributed by atoms with Crippen LogP contribution in [0.5, 0.6) is 5.75 Å². The highest BCUT2D eigenvalue weighted by molar-refractivity contribution is 8.16. The number of aromatic nitrogens is 2. The molecular weight excluding hydrogens is 386 g/mol. The van der Waals surface area contributed by atoms with Gasteiger partial charge in [-0.1, -0.05) is 11.8 Å². The van der Waals surface area contributed by atoms with Gasteiger partial charge in [0.1, 0.15) is 17.0 Å². The van der Waals surface area contributed by atoms with Crippen LogP contribution >= 0.6 is 11.8 Å². The molecule has 0 aliphatic carbocycles. The van der Waals surface area contributed by atoms with E-state index in [9.17, 15) is 13.6 Å². The van der Waals surface area contributed by atoms with Gasteiger partial charge in [-0.25, -0.2) is 9.98 Å². The Hall–Kier alpha value is -2.81. The summed E-state index contributed by atoms with van der Waals surface area (Å²) in [6.45, 7) is 2.51. The molecule has 0 radical (unpaired) electrons. The van der Waals surface area contributed by atoms with Crippen LogP contribution < -0.4 is 10.5 Å². The Labute approximate surface area is 164 Å². The van der Waals surface area contributed by atoms with Gasteiger partial charge in [-0.2, -0.15) is 8.78 Å². The van der Waals surface area contributed by atoms with Gasteiger partial charge in [0, 0.05) is 19.5 Å². The summed E-state index contributed by atoms with van der Waals surface area (Å²) in [6, 6.07) is 6.18. The molecule has 2 aromatic rings. The molecule has 1 aliphatic rings. The second-order valence-electron chi connectivity index (χ2n) is 6.46. The summed E-state index contributed by atoms with van der Waals surface area (Å²) in [6.07, 6.45) is 1.38. The summed E-state index contributed by atoms with van der Waals surface area (Å²) < 4.78 is 30.1. The van der Waals surface area contributed by atoms with Crippen molar-refractivity contribution < 1.29 is 18.3 Å². The van der Waals surface area contributed by atoms with Gasteiger partial charge < -0.3 is 10.5 Å². The largest absolute Gasteiger partial charge is 0.431 e. The predicted molar refractivity (Wildman–Crippen MR) is 103 cm³/mol. The molecule has 1 aliphatic heterocycles. The van der Waals surface area contributed by atoms with Crippen LogP contribution in [0.2, 0.25) is 0 Å². The third kappa shape index (κ3) is 4.92. The topological polar surface area (TPSA) is 90.5 Å². The van der Waals surface area contributed by atoms with Crippen LogP contribution in [0.15, 0.2) is 53.1 Å². The highest BCUT2D eigenvalue weighted by atomic mass is 32.2. The molecule has 0 aromatic carbocycles. The standard InChI is InChI=1S/C19H18F2N4O2S/c1-18(6-8-28-17(22)25-18)16-10-12(5-7-23-16)9-15(26)14-4-3-13(11-24-14)27-19(2,20)21/h3-8,10-11H,9H2,1-2H3,(H2,22,25)/t18-/m0/s1. The highest BCUT2D eigenvalue weighted by Gasteiger charge is 2.27. The minimum absolute atomic E-state index is 0.0837. The van der Waals surface area contributed by atoms with E-state index in [0.717, 1.165) is 11.8 Å².